The van der Waals surface area contributed by atoms with Crippen LogP contribution in [0.25, 0.3) is 11.0 Å². The van der Waals surface area contributed by atoms with E-state index in [0.29, 0.717) is 42.5 Å². The minimum Gasteiger partial charge on any atom is -0.478 e. The Balaban J connectivity index is 2.17. The van der Waals surface area contributed by atoms with Gasteiger partial charge in [-0.2, -0.15) is 5.10 Å². The third-order valence-corrected chi connectivity index (χ3v) is 3.14. The highest BCUT2D eigenvalue weighted by atomic mass is 16.4. The average Bonchev–Trinajstić information content (AvgIpc) is 2.80. The maximum absolute atomic E-state index is 11.3. The predicted octanol–water partition coefficient (Wildman–Crippen LogP) is 0.734. The molecule has 0 unspecified atom stereocenters. The number of fused-ring (bicyclic) bond motifs is 1. The summed E-state index contributed by atoms with van der Waals surface area (Å²) in [5.41, 5.74) is 6.28. The van der Waals surface area contributed by atoms with Crippen LogP contribution in [0, 0.1) is 0 Å². The summed E-state index contributed by atoms with van der Waals surface area (Å²) < 4.78 is 1.58. The maximum Gasteiger partial charge on any atom is 0.339 e. The molecule has 0 radical (unpaired) electrons. The van der Waals surface area contributed by atoms with Crippen molar-refractivity contribution in [1.29, 1.82) is 0 Å². The Bertz CT molecular complexity index is 680. The zero-order valence-electron chi connectivity index (χ0n) is 11.7. The van der Waals surface area contributed by atoms with Crippen molar-refractivity contribution in [3.8, 4) is 0 Å². The lowest BCUT2D eigenvalue weighted by Crippen LogP contribution is -2.12. The van der Waals surface area contributed by atoms with E-state index in [2.05, 4.69) is 15.4 Å². The largest absolute Gasteiger partial charge is 0.478 e. The molecule has 0 aliphatic heterocycles. The molecule has 0 saturated heterocycles. The van der Waals surface area contributed by atoms with Crippen molar-refractivity contribution in [2.45, 2.75) is 19.3 Å². The molecule has 4 N–H and O–H groups in total. The van der Waals surface area contributed by atoms with Crippen LogP contribution in [0.2, 0.25) is 0 Å². The average molecular weight is 291 g/mol. The lowest BCUT2D eigenvalue weighted by atomic mass is 10.1. The van der Waals surface area contributed by atoms with Crippen LogP contribution in [0.15, 0.2) is 12.4 Å². The highest BCUT2D eigenvalue weighted by Crippen LogP contribution is 2.25. The van der Waals surface area contributed by atoms with Crippen molar-refractivity contribution in [1.82, 2.24) is 14.8 Å². The molecule has 112 valence electrons. The second-order valence-electron chi connectivity index (χ2n) is 4.71. The van der Waals surface area contributed by atoms with Gasteiger partial charge in [0.2, 0.25) is 5.91 Å². The molecule has 0 fully saturated rings. The van der Waals surface area contributed by atoms with E-state index in [9.17, 15) is 14.7 Å². The number of nitrogens with zero attached hydrogens (tertiary/aromatic N) is 3. The fraction of sp³-hybridized carbons (Fsp3) is 0.385. The van der Waals surface area contributed by atoms with Crippen LogP contribution in [0.1, 0.15) is 29.6 Å². The number of anilines is 1. The number of rotatable bonds is 7. The summed E-state index contributed by atoms with van der Waals surface area (Å²) in [4.78, 5) is 26.0. The summed E-state index contributed by atoms with van der Waals surface area (Å²) >= 11 is 0. The van der Waals surface area contributed by atoms with Crippen LogP contribution in [0.5, 0.6) is 0 Å². The van der Waals surface area contributed by atoms with E-state index < -0.39 is 5.97 Å². The number of nitrogens with one attached hydrogen (secondary N) is 1. The van der Waals surface area contributed by atoms with Crippen LogP contribution in [-0.4, -0.2) is 38.3 Å². The van der Waals surface area contributed by atoms with E-state index in [1.54, 1.807) is 17.9 Å². The first kappa shape index (κ1) is 14.8. The van der Waals surface area contributed by atoms with Crippen molar-refractivity contribution < 1.29 is 14.7 Å². The van der Waals surface area contributed by atoms with Gasteiger partial charge < -0.3 is 16.2 Å². The van der Waals surface area contributed by atoms with E-state index in [4.69, 9.17) is 5.73 Å². The van der Waals surface area contributed by atoms with E-state index in [1.165, 1.54) is 6.20 Å². The number of carboxylic acid groups (broad SMARTS) is 1. The molecule has 0 bridgehead atoms. The van der Waals surface area contributed by atoms with Crippen LogP contribution >= 0.6 is 0 Å². The summed E-state index contributed by atoms with van der Waals surface area (Å²) in [7, 11) is 1.74. The van der Waals surface area contributed by atoms with E-state index in [1.807, 2.05) is 0 Å². The molecule has 0 atom stereocenters. The van der Waals surface area contributed by atoms with Crippen molar-refractivity contribution in [2.75, 3.05) is 11.9 Å². The Morgan fingerprint density at radius 2 is 2.14 bits per heavy atom. The Kier molecular flexibility index (Phi) is 4.36. The molecule has 0 saturated carbocycles. The quantitative estimate of drug-likeness (QED) is 0.646. The molecule has 2 heterocycles. The number of hydrogen-bond donors (Lipinski definition) is 3. The van der Waals surface area contributed by atoms with Gasteiger partial charge in [0, 0.05) is 26.2 Å². The first-order valence-electron chi connectivity index (χ1n) is 6.57. The van der Waals surface area contributed by atoms with E-state index in [-0.39, 0.29) is 11.5 Å². The molecule has 0 aliphatic rings. The van der Waals surface area contributed by atoms with Gasteiger partial charge in [0.1, 0.15) is 5.56 Å². The molecule has 1 amide bonds. The van der Waals surface area contributed by atoms with Gasteiger partial charge in [0.25, 0.3) is 0 Å². The first-order chi connectivity index (χ1) is 10.0. The fourth-order valence-electron chi connectivity index (χ4n) is 2.09. The van der Waals surface area contributed by atoms with Crippen molar-refractivity contribution in [3.63, 3.8) is 0 Å². The molecule has 0 aliphatic carbocycles. The number of hydrogen-bond acceptors (Lipinski definition) is 5. The topological polar surface area (TPSA) is 123 Å². The highest BCUT2D eigenvalue weighted by Gasteiger charge is 2.16. The number of nitrogens with two attached hydrogens (primary N) is 1. The summed E-state index contributed by atoms with van der Waals surface area (Å²) in [5.74, 6) is -1.38. The van der Waals surface area contributed by atoms with Gasteiger partial charge in [-0.15, -0.1) is 0 Å². The smallest absolute Gasteiger partial charge is 0.339 e. The predicted molar refractivity (Wildman–Crippen MR) is 77.0 cm³/mol. The molecule has 8 heteroatoms. The van der Waals surface area contributed by atoms with Crippen molar-refractivity contribution >= 4 is 28.6 Å². The molecule has 2 aromatic heterocycles. The van der Waals surface area contributed by atoms with E-state index >= 15 is 0 Å². The molecule has 2 rings (SSSR count). The van der Waals surface area contributed by atoms with Crippen LogP contribution in [0.4, 0.5) is 5.69 Å². The minimum absolute atomic E-state index is 0.102. The van der Waals surface area contributed by atoms with Gasteiger partial charge in [-0.05, 0) is 12.8 Å². The van der Waals surface area contributed by atoms with Gasteiger partial charge in [-0.1, -0.05) is 0 Å². The molecule has 0 aromatic carbocycles. The Labute approximate surface area is 121 Å². The number of carboxylic acids is 1. The summed E-state index contributed by atoms with van der Waals surface area (Å²) in [5, 5.41) is 17.1. The second-order valence-corrected chi connectivity index (χ2v) is 4.71. The molecular formula is C13H17N5O3. The number of carbonyl (C=O) groups is 2. The Morgan fingerprint density at radius 3 is 2.81 bits per heavy atom. The van der Waals surface area contributed by atoms with Gasteiger partial charge in [0.15, 0.2) is 5.65 Å². The number of amides is 1. The maximum atomic E-state index is 11.3. The zero-order valence-corrected chi connectivity index (χ0v) is 11.7. The van der Waals surface area contributed by atoms with Gasteiger partial charge >= 0.3 is 5.97 Å². The number of primary amides is 1. The first-order valence-corrected chi connectivity index (χ1v) is 6.57. The Hall–Kier alpha value is -2.64. The number of aryl methyl sites for hydroxylation is 1. The third kappa shape index (κ3) is 3.28. The normalized spacial score (nSPS) is 10.7. The number of carbonyl (C=O) groups excluding carboxylic acids is 1. The van der Waals surface area contributed by atoms with Crippen molar-refractivity contribution in [2.24, 2.45) is 12.8 Å². The zero-order chi connectivity index (χ0) is 15.4. The molecule has 0 spiro atoms. The summed E-state index contributed by atoms with van der Waals surface area (Å²) in [6.07, 6.45) is 4.60. The second kappa shape index (κ2) is 6.21. The third-order valence-electron chi connectivity index (χ3n) is 3.14. The van der Waals surface area contributed by atoms with Crippen LogP contribution in [0.3, 0.4) is 0 Å². The van der Waals surface area contributed by atoms with Crippen LogP contribution < -0.4 is 11.1 Å². The highest BCUT2D eigenvalue weighted by molar-refractivity contribution is 6.03. The number of pyridine rings is 1. The fourth-order valence-corrected chi connectivity index (χ4v) is 2.09. The molecule has 2 aromatic rings. The van der Waals surface area contributed by atoms with Crippen LogP contribution in [-0.2, 0) is 11.8 Å². The van der Waals surface area contributed by atoms with Gasteiger partial charge in [0.05, 0.1) is 17.3 Å². The minimum atomic E-state index is -1.05. The molecule has 8 nitrogen and oxygen atoms in total. The van der Waals surface area contributed by atoms with Gasteiger partial charge in [-0.3, -0.25) is 9.48 Å². The molecule has 21 heavy (non-hydrogen) atoms. The van der Waals surface area contributed by atoms with Gasteiger partial charge in [-0.25, -0.2) is 9.78 Å². The Morgan fingerprint density at radius 1 is 1.38 bits per heavy atom. The monoisotopic (exact) mass is 291 g/mol. The number of aromatic nitrogens is 3. The SMILES string of the molecule is Cn1ncc2c(NCCCCC(N)=O)c(C(=O)O)cnc21. The van der Waals surface area contributed by atoms with Crippen molar-refractivity contribution in [3.05, 3.63) is 18.0 Å². The number of unbranched alkanes of at least 4 members (excludes halogenated alkanes) is 1. The lowest BCUT2D eigenvalue weighted by molar-refractivity contribution is -0.118. The number of aromatic carboxylic acids is 1. The lowest BCUT2D eigenvalue weighted by Gasteiger charge is -2.10. The molecular weight excluding hydrogens is 274 g/mol. The standard InChI is InChI=1S/C13H17N5O3/c1-18-12-8(7-17-18)11(9(6-16-12)13(20)21)15-5-3-2-4-10(14)19/h6-7H,2-5H2,1H3,(H2,14,19)(H,15,16)(H,20,21). The van der Waals surface area contributed by atoms with E-state index in [0.717, 1.165) is 0 Å². The summed E-state index contributed by atoms with van der Waals surface area (Å²) in [6.45, 7) is 0.543. The summed E-state index contributed by atoms with van der Waals surface area (Å²) in [6, 6.07) is 0.